The van der Waals surface area contributed by atoms with Gasteiger partial charge in [-0.3, -0.25) is 33.7 Å². The van der Waals surface area contributed by atoms with Gasteiger partial charge >= 0.3 is 0 Å². The third-order valence-corrected chi connectivity index (χ3v) is 18.9. The van der Waals surface area contributed by atoms with Crippen molar-refractivity contribution < 1.29 is 59.3 Å². The normalized spacial score (nSPS) is 14.1. The molecular formula is C64H79N17O13S4. The van der Waals surface area contributed by atoms with Crippen LogP contribution < -0.4 is 55.7 Å². The number of nitrogens with zero attached hydrogens (tertiary/aromatic N) is 11. The molecule has 0 saturated carbocycles. The third-order valence-electron chi connectivity index (χ3n) is 15.5. The van der Waals surface area contributed by atoms with E-state index in [1.165, 1.54) is 64.5 Å². The molecule has 8 N–H and O–H groups in total. The molecule has 2 aromatic heterocycles. The predicted molar refractivity (Wildman–Crippen MR) is 382 cm³/mol. The fourth-order valence-corrected chi connectivity index (χ4v) is 13.2. The molecule has 2 aliphatic rings. The van der Waals surface area contributed by atoms with E-state index in [9.17, 15) is 50.5 Å². The monoisotopic (exact) mass is 1420 g/mol. The summed E-state index contributed by atoms with van der Waals surface area (Å²) in [7, 11) is -4.54. The summed E-state index contributed by atoms with van der Waals surface area (Å²) in [5.41, 5.74) is 1.90. The maximum absolute atomic E-state index is 13.8. The van der Waals surface area contributed by atoms with Crippen molar-refractivity contribution in [2.75, 3.05) is 121 Å². The van der Waals surface area contributed by atoms with Crippen molar-refractivity contribution in [2.45, 2.75) is 89.9 Å². The van der Waals surface area contributed by atoms with Gasteiger partial charge in [0.05, 0.1) is 67.7 Å². The van der Waals surface area contributed by atoms with Crippen molar-refractivity contribution in [1.82, 2.24) is 15.3 Å². The number of ketones is 2. The van der Waals surface area contributed by atoms with Crippen LogP contribution in [-0.4, -0.2) is 152 Å². The fourth-order valence-electron chi connectivity index (χ4n) is 10.5. The summed E-state index contributed by atoms with van der Waals surface area (Å²) in [6.07, 6.45) is 8.28. The maximum Gasteiger partial charge on any atom is 0.294 e. The number of Topliss-reactive ketones (excluding diaryl/α,β-unsaturated/α-hetero) is 2. The van der Waals surface area contributed by atoms with E-state index in [0.717, 1.165) is 85.5 Å². The zero-order chi connectivity index (χ0) is 70.8. The Bertz CT molecular complexity index is 4330. The number of methoxy groups -OCH3 is 2. The topological polar surface area (TPSA) is 389 Å². The van der Waals surface area contributed by atoms with Crippen LogP contribution in [-0.2, 0) is 44.2 Å². The highest BCUT2D eigenvalue weighted by molar-refractivity contribution is 7.86. The molecule has 98 heavy (non-hydrogen) atoms. The predicted octanol–water partition coefficient (Wildman–Crippen LogP) is 11.8. The molecule has 4 aromatic carbocycles. The molecule has 0 aliphatic carbocycles. The Morgan fingerprint density at radius 3 is 1.43 bits per heavy atom. The van der Waals surface area contributed by atoms with Gasteiger partial charge < -0.3 is 60.4 Å². The number of piperidine rings is 2. The Kier molecular flexibility index (Phi) is 25.8. The van der Waals surface area contributed by atoms with Crippen LogP contribution in [0.25, 0.3) is 12.2 Å². The zero-order valence-electron chi connectivity index (χ0n) is 55.6. The van der Waals surface area contributed by atoms with Crippen LogP contribution in [0.3, 0.4) is 0 Å². The largest absolute Gasteiger partial charge is 0.494 e. The molecule has 2 aliphatic heterocycles. The summed E-state index contributed by atoms with van der Waals surface area (Å²) >= 11 is 2.15. The quantitative estimate of drug-likeness (QED) is 0.00330. The van der Waals surface area contributed by atoms with E-state index in [0.29, 0.717) is 102 Å². The van der Waals surface area contributed by atoms with Crippen molar-refractivity contribution >= 4 is 158 Å². The zero-order valence-corrected chi connectivity index (χ0v) is 58.9. The van der Waals surface area contributed by atoms with Gasteiger partial charge in [-0.1, -0.05) is 34.8 Å². The molecule has 0 radical (unpaired) electrons. The van der Waals surface area contributed by atoms with E-state index < -0.39 is 53.4 Å². The number of hydrogen-bond donors (Lipinski definition) is 8. The number of guanidine groups is 2. The number of benzene rings is 4. The molecular weight excluding hydrogens is 1340 g/mol. The molecule has 2 amide bonds. The van der Waals surface area contributed by atoms with Gasteiger partial charge in [0, 0.05) is 83.0 Å². The lowest BCUT2D eigenvalue weighted by molar-refractivity contribution is -0.120. The molecule has 2 fully saturated rings. The third kappa shape index (κ3) is 19.4. The van der Waals surface area contributed by atoms with E-state index in [-0.39, 0.29) is 68.5 Å². The summed E-state index contributed by atoms with van der Waals surface area (Å²) in [5, 5.41) is 42.9. The molecule has 0 spiro atoms. The van der Waals surface area contributed by atoms with Crippen LogP contribution in [0, 0.1) is 5.41 Å². The van der Waals surface area contributed by atoms with E-state index in [2.05, 4.69) is 51.8 Å². The fraction of sp³-hybridized carbons (Fsp3) is 0.375. The number of rotatable bonds is 28. The Hall–Kier alpha value is -9.58. The lowest BCUT2D eigenvalue weighted by Gasteiger charge is -2.27. The number of anilines is 8. The second kappa shape index (κ2) is 34.1. The summed E-state index contributed by atoms with van der Waals surface area (Å²) in [6, 6.07) is 16.8. The molecule has 4 heterocycles. The van der Waals surface area contributed by atoms with Gasteiger partial charge in [-0.15, -0.1) is 20.5 Å². The van der Waals surface area contributed by atoms with Crippen LogP contribution in [0.4, 0.5) is 67.4 Å². The first-order valence-electron chi connectivity index (χ1n) is 31.4. The molecule has 0 atom stereocenters. The lowest BCUT2D eigenvalue weighted by atomic mass is 10.1. The number of amides is 2. The first-order valence-corrected chi connectivity index (χ1v) is 35.9. The van der Waals surface area contributed by atoms with Gasteiger partial charge in [-0.05, 0) is 141 Å². The SMILES string of the molecule is CCOCN(CC)c1cc(NC(=N)/N=C(\NC)Nc2cc(N(CC)CC)c(OC)cc2/N=N/c2nc(N3CCCCC3)c(/C=C(/C(C)=O)C(=O)Nc3cccc(S(=O)(=O)O)c3)s2)c(/N=N/c2nc(N3CCCCC3)c(/C=C(\C(C)=O)C(=O)Nc3cccc(S(=O)(=O)O)c3)s2)cc1OC. The highest BCUT2D eigenvalue weighted by Gasteiger charge is 2.27. The number of carbonyl (C=O) groups is 4. The summed E-state index contributed by atoms with van der Waals surface area (Å²) < 4.78 is 84.5. The minimum absolute atomic E-state index is 0.0244. The van der Waals surface area contributed by atoms with Gasteiger partial charge in [0.2, 0.25) is 22.2 Å². The standard InChI is InChI=1S/C64H79N17O13S4/c1-10-78(11-2)51-35-48(50(37-53(51)92-8)75-77-64-72-58(81-28-18-15-19-29-81)56(96-64)33-46(40(6)83)60(85)68-42-23-21-25-44(31-42)98(89,90)91)70-62(66-7)73-61(65)69-47-34-52(79(12-3)38-94-13-4)54(93-9)36-49(47)74-76-63-71-57(80-26-16-14-17-27-80)55(95-63)32-45(39(5)82)59(84)67-41-22-20-24-43(30-41)97(86,87)88/h20-25,30-37H,10-19,26-29,38H2,1-9H3,(H,67,84)(H,68,85)(H,86,87,88)(H,89,90,91)(H4,65,66,69,70,73)/b45-32+,46-33-,76-74+,77-75+. The van der Waals surface area contributed by atoms with Crippen LogP contribution in [0.1, 0.15) is 89.8 Å². The van der Waals surface area contributed by atoms with E-state index >= 15 is 0 Å². The van der Waals surface area contributed by atoms with Gasteiger partial charge in [0.1, 0.15) is 41.2 Å². The van der Waals surface area contributed by atoms with Crippen molar-refractivity contribution in [3.63, 3.8) is 0 Å². The second-order valence-electron chi connectivity index (χ2n) is 22.0. The Balaban J connectivity index is 1.15. The molecule has 522 valence electrons. The number of ether oxygens (including phenoxy) is 3. The van der Waals surface area contributed by atoms with Gasteiger partial charge in [0.25, 0.3) is 32.1 Å². The number of carbonyl (C=O) groups excluding carboxylic acids is 4. The highest BCUT2D eigenvalue weighted by Crippen LogP contribution is 2.44. The van der Waals surface area contributed by atoms with Crippen LogP contribution in [0.5, 0.6) is 11.5 Å². The van der Waals surface area contributed by atoms with Crippen molar-refractivity contribution in [3.8, 4) is 11.5 Å². The summed E-state index contributed by atoms with van der Waals surface area (Å²) in [6.45, 7) is 15.1. The molecule has 0 unspecified atom stereocenters. The van der Waals surface area contributed by atoms with E-state index in [1.54, 1.807) is 25.2 Å². The minimum Gasteiger partial charge on any atom is -0.494 e. The number of azo groups is 2. The highest BCUT2D eigenvalue weighted by atomic mass is 32.2. The molecule has 30 nitrogen and oxygen atoms in total. The van der Waals surface area contributed by atoms with Crippen LogP contribution in [0.15, 0.2) is 119 Å². The first-order chi connectivity index (χ1) is 46.9. The smallest absolute Gasteiger partial charge is 0.294 e. The van der Waals surface area contributed by atoms with Crippen LogP contribution in [0.2, 0.25) is 0 Å². The van der Waals surface area contributed by atoms with E-state index in [1.807, 2.05) is 48.5 Å². The molecule has 8 rings (SSSR count). The van der Waals surface area contributed by atoms with Gasteiger partial charge in [0.15, 0.2) is 11.6 Å². The van der Waals surface area contributed by atoms with Crippen LogP contribution >= 0.6 is 22.7 Å². The lowest BCUT2D eigenvalue weighted by Crippen LogP contribution is -2.30. The minimum atomic E-state index is -4.60. The molecule has 0 bridgehead atoms. The molecule has 6 aromatic rings. The number of thiazole rings is 2. The van der Waals surface area contributed by atoms with Crippen molar-refractivity contribution in [2.24, 2.45) is 25.4 Å². The Morgan fingerprint density at radius 2 is 1.04 bits per heavy atom. The number of hydrogen-bond acceptors (Lipinski definition) is 24. The Labute approximate surface area is 576 Å². The molecule has 2 saturated heterocycles. The number of aromatic nitrogens is 2. The summed E-state index contributed by atoms with van der Waals surface area (Å²) in [5.74, 6) is -1.35. The second-order valence-corrected chi connectivity index (χ2v) is 26.9. The first kappa shape index (κ1) is 74.2. The average molecular weight is 1420 g/mol. The van der Waals surface area contributed by atoms with Gasteiger partial charge in [-0.25, -0.2) is 0 Å². The number of aliphatic imine (C=N–C) groups is 1. The van der Waals surface area contributed by atoms with Crippen molar-refractivity contribution in [1.29, 1.82) is 5.41 Å². The Morgan fingerprint density at radius 1 is 0.612 bits per heavy atom. The van der Waals surface area contributed by atoms with E-state index in [4.69, 9.17) is 29.3 Å². The average Bonchev–Trinajstić information content (AvgIpc) is 1.28. The molecule has 34 heteroatoms. The van der Waals surface area contributed by atoms with Crippen molar-refractivity contribution in [3.05, 3.63) is 93.7 Å². The van der Waals surface area contributed by atoms with Gasteiger partial charge in [-0.2, -0.15) is 31.8 Å². The number of nitrogens with one attached hydrogen (secondary N) is 6. The maximum atomic E-state index is 13.8. The summed E-state index contributed by atoms with van der Waals surface area (Å²) in [4.78, 5) is 76.5.